The molecular formula is C17H17NO3. The van der Waals surface area contributed by atoms with Gasteiger partial charge in [-0.25, -0.2) is 4.98 Å². The summed E-state index contributed by atoms with van der Waals surface area (Å²) in [5.74, 6) is 7.15. The number of benzene rings is 1. The van der Waals surface area contributed by atoms with Crippen molar-refractivity contribution < 1.29 is 14.6 Å². The Bertz CT molecular complexity index is 644. The Kier molecular flexibility index (Phi) is 5.62. The average Bonchev–Trinajstić information content (AvgIpc) is 2.54. The summed E-state index contributed by atoms with van der Waals surface area (Å²) in [4.78, 5) is 4.30. The van der Waals surface area contributed by atoms with E-state index in [9.17, 15) is 0 Å². The third-order valence-electron chi connectivity index (χ3n) is 2.71. The molecule has 0 atom stereocenters. The van der Waals surface area contributed by atoms with Gasteiger partial charge >= 0.3 is 0 Å². The molecule has 1 aromatic carbocycles. The van der Waals surface area contributed by atoms with Crippen molar-refractivity contribution in [1.29, 1.82) is 0 Å². The highest BCUT2D eigenvalue weighted by Gasteiger charge is 2.02. The number of methoxy groups -OCH3 is 1. The molecule has 0 aliphatic rings. The molecule has 4 nitrogen and oxygen atoms in total. The number of aliphatic hydroxyl groups excluding tert-OH is 1. The second-order valence-corrected chi connectivity index (χ2v) is 4.23. The predicted octanol–water partition coefficient (Wildman–Crippen LogP) is 2.40. The van der Waals surface area contributed by atoms with Crippen molar-refractivity contribution in [2.24, 2.45) is 0 Å². The number of aromatic nitrogens is 1. The minimum absolute atomic E-state index is 0.0593. The van der Waals surface area contributed by atoms with E-state index in [1.54, 1.807) is 13.2 Å². The van der Waals surface area contributed by atoms with Crippen LogP contribution in [0.15, 0.2) is 42.5 Å². The zero-order valence-corrected chi connectivity index (χ0v) is 11.9. The topological polar surface area (TPSA) is 51.6 Å². The van der Waals surface area contributed by atoms with Gasteiger partial charge in [0.2, 0.25) is 5.88 Å². The first kappa shape index (κ1) is 14.9. The normalized spacial score (nSPS) is 9.62. The summed E-state index contributed by atoms with van der Waals surface area (Å²) in [5, 5.41) is 8.76. The molecule has 0 saturated heterocycles. The maximum atomic E-state index is 8.76. The van der Waals surface area contributed by atoms with Gasteiger partial charge in [0, 0.05) is 12.5 Å². The molecule has 0 fully saturated rings. The molecule has 108 valence electrons. The Morgan fingerprint density at radius 2 is 2.00 bits per heavy atom. The van der Waals surface area contributed by atoms with Crippen LogP contribution in [-0.2, 0) is 6.61 Å². The molecule has 2 rings (SSSR count). The van der Waals surface area contributed by atoms with Crippen LogP contribution in [0, 0.1) is 11.8 Å². The summed E-state index contributed by atoms with van der Waals surface area (Å²) in [5.41, 5.74) is 1.58. The first-order chi connectivity index (χ1) is 10.3. The van der Waals surface area contributed by atoms with Gasteiger partial charge in [0.05, 0.1) is 25.0 Å². The van der Waals surface area contributed by atoms with Gasteiger partial charge in [-0.1, -0.05) is 30.0 Å². The second-order valence-electron chi connectivity index (χ2n) is 4.23. The van der Waals surface area contributed by atoms with E-state index in [4.69, 9.17) is 14.6 Å². The minimum Gasteiger partial charge on any atom is -0.486 e. The van der Waals surface area contributed by atoms with E-state index in [1.165, 1.54) is 0 Å². The number of rotatable bonds is 5. The van der Waals surface area contributed by atoms with Crippen molar-refractivity contribution in [1.82, 2.24) is 4.98 Å². The number of aliphatic hydroxyl groups is 1. The minimum atomic E-state index is 0.0593. The van der Waals surface area contributed by atoms with Crippen molar-refractivity contribution in [3.05, 3.63) is 53.7 Å². The average molecular weight is 283 g/mol. The molecular weight excluding hydrogens is 266 g/mol. The van der Waals surface area contributed by atoms with Crippen LogP contribution in [0.1, 0.15) is 17.7 Å². The van der Waals surface area contributed by atoms with Crippen molar-refractivity contribution in [2.45, 2.75) is 13.0 Å². The molecule has 0 unspecified atom stereocenters. The number of pyridine rings is 1. The fourth-order valence-electron chi connectivity index (χ4n) is 1.71. The molecule has 1 N–H and O–H groups in total. The highest BCUT2D eigenvalue weighted by molar-refractivity contribution is 5.45. The highest BCUT2D eigenvalue weighted by atomic mass is 16.5. The summed E-state index contributed by atoms with van der Waals surface area (Å²) < 4.78 is 10.9. The van der Waals surface area contributed by atoms with Crippen LogP contribution in [0.2, 0.25) is 0 Å². The van der Waals surface area contributed by atoms with Crippen molar-refractivity contribution in [3.8, 4) is 23.5 Å². The van der Waals surface area contributed by atoms with Gasteiger partial charge in [-0.15, -0.1) is 0 Å². The molecule has 4 heteroatoms. The molecule has 21 heavy (non-hydrogen) atoms. The Balaban J connectivity index is 2.07. The Hall–Kier alpha value is -2.51. The predicted molar refractivity (Wildman–Crippen MR) is 80.1 cm³/mol. The molecule has 1 aromatic heterocycles. The maximum Gasteiger partial charge on any atom is 0.213 e. The van der Waals surface area contributed by atoms with E-state index >= 15 is 0 Å². The SMILES string of the molecule is COc1cccc(COc2ccccc2C#CCCO)n1. The molecule has 0 amide bonds. The van der Waals surface area contributed by atoms with Crippen molar-refractivity contribution in [3.63, 3.8) is 0 Å². The molecule has 2 aromatic rings. The summed E-state index contributed by atoms with van der Waals surface area (Å²) >= 11 is 0. The van der Waals surface area contributed by atoms with Gasteiger partial charge in [0.25, 0.3) is 0 Å². The van der Waals surface area contributed by atoms with Crippen LogP contribution in [0.5, 0.6) is 11.6 Å². The number of para-hydroxylation sites is 1. The first-order valence-corrected chi connectivity index (χ1v) is 6.65. The van der Waals surface area contributed by atoms with E-state index < -0.39 is 0 Å². The zero-order valence-electron chi connectivity index (χ0n) is 11.9. The maximum absolute atomic E-state index is 8.76. The monoisotopic (exact) mass is 283 g/mol. The van der Waals surface area contributed by atoms with E-state index in [-0.39, 0.29) is 6.61 Å². The van der Waals surface area contributed by atoms with Gasteiger partial charge in [-0.2, -0.15) is 0 Å². The van der Waals surface area contributed by atoms with Crippen LogP contribution in [0.25, 0.3) is 0 Å². The van der Waals surface area contributed by atoms with Crippen LogP contribution >= 0.6 is 0 Å². The largest absolute Gasteiger partial charge is 0.486 e. The summed E-state index contributed by atoms with van der Waals surface area (Å²) in [6.45, 7) is 0.402. The lowest BCUT2D eigenvalue weighted by molar-refractivity contribution is 0.297. The van der Waals surface area contributed by atoms with E-state index in [2.05, 4.69) is 16.8 Å². The highest BCUT2D eigenvalue weighted by Crippen LogP contribution is 2.18. The summed E-state index contributed by atoms with van der Waals surface area (Å²) in [6.07, 6.45) is 0.450. The van der Waals surface area contributed by atoms with Crippen molar-refractivity contribution in [2.75, 3.05) is 13.7 Å². The Morgan fingerprint density at radius 3 is 2.81 bits per heavy atom. The van der Waals surface area contributed by atoms with Crippen LogP contribution in [0.3, 0.4) is 0 Å². The lowest BCUT2D eigenvalue weighted by atomic mass is 10.2. The molecule has 0 saturated carbocycles. The van der Waals surface area contributed by atoms with Crippen LogP contribution in [0.4, 0.5) is 0 Å². The van der Waals surface area contributed by atoms with Gasteiger partial charge in [-0.3, -0.25) is 0 Å². The van der Waals surface area contributed by atoms with Crippen molar-refractivity contribution >= 4 is 0 Å². The molecule has 0 aliphatic heterocycles. The van der Waals surface area contributed by atoms with E-state index in [0.717, 1.165) is 11.3 Å². The summed E-state index contributed by atoms with van der Waals surface area (Å²) in [7, 11) is 1.58. The summed E-state index contributed by atoms with van der Waals surface area (Å²) in [6, 6.07) is 13.1. The third-order valence-corrected chi connectivity index (χ3v) is 2.71. The molecule has 1 heterocycles. The third kappa shape index (κ3) is 4.51. The molecule has 0 aliphatic carbocycles. The number of hydrogen-bond donors (Lipinski definition) is 1. The Morgan fingerprint density at radius 1 is 1.14 bits per heavy atom. The second kappa shape index (κ2) is 7.93. The van der Waals surface area contributed by atoms with E-state index in [1.807, 2.05) is 36.4 Å². The van der Waals surface area contributed by atoms with E-state index in [0.29, 0.717) is 24.7 Å². The van der Waals surface area contributed by atoms with Gasteiger partial charge in [-0.05, 0) is 18.2 Å². The fraction of sp³-hybridized carbons (Fsp3) is 0.235. The Labute approximate surface area is 124 Å². The first-order valence-electron chi connectivity index (χ1n) is 6.65. The van der Waals surface area contributed by atoms with Crippen LogP contribution in [-0.4, -0.2) is 23.8 Å². The number of hydrogen-bond acceptors (Lipinski definition) is 4. The van der Waals surface area contributed by atoms with Crippen LogP contribution < -0.4 is 9.47 Å². The van der Waals surface area contributed by atoms with Gasteiger partial charge in [0.15, 0.2) is 0 Å². The van der Waals surface area contributed by atoms with Gasteiger partial charge in [0.1, 0.15) is 12.4 Å². The number of nitrogens with zero attached hydrogens (tertiary/aromatic N) is 1. The molecule has 0 spiro atoms. The fourth-order valence-corrected chi connectivity index (χ4v) is 1.71. The lowest BCUT2D eigenvalue weighted by Gasteiger charge is -2.08. The quantitative estimate of drug-likeness (QED) is 0.856. The lowest BCUT2D eigenvalue weighted by Crippen LogP contribution is -2.00. The van der Waals surface area contributed by atoms with Gasteiger partial charge < -0.3 is 14.6 Å². The molecule has 0 radical (unpaired) electrons. The standard InChI is InChI=1S/C17H17NO3/c1-20-17-11-6-9-15(18-17)13-21-16-10-3-2-7-14(16)8-4-5-12-19/h2-3,6-7,9-11,19H,5,12-13H2,1H3. The molecule has 0 bridgehead atoms. The smallest absolute Gasteiger partial charge is 0.213 e. The number of ether oxygens (including phenoxy) is 2. The zero-order chi connectivity index (χ0) is 14.9.